The van der Waals surface area contributed by atoms with Crippen LogP contribution in [0.1, 0.15) is 29.3 Å². The maximum Gasteiger partial charge on any atom is 0.161 e. The molecule has 1 aromatic rings. The zero-order valence-electron chi connectivity index (χ0n) is 9.92. The summed E-state index contributed by atoms with van der Waals surface area (Å²) in [6, 6.07) is 4.00. The zero-order chi connectivity index (χ0) is 11.7. The van der Waals surface area contributed by atoms with Crippen molar-refractivity contribution in [2.24, 2.45) is 5.92 Å². The lowest BCUT2D eigenvalue weighted by atomic mass is 10.0. The summed E-state index contributed by atoms with van der Waals surface area (Å²) in [7, 11) is 3.30. The van der Waals surface area contributed by atoms with Gasteiger partial charge in [0.2, 0.25) is 0 Å². The Kier molecular flexibility index (Phi) is 3.29. The standard InChI is InChI=1S/C13H17ClO2/c1-8-6-11(15-2)12(16-3)7-10(8)13(14)9-4-5-9/h6-7,9,13H,4-5H2,1-3H3. The van der Waals surface area contributed by atoms with Gasteiger partial charge in [0.15, 0.2) is 11.5 Å². The Hall–Kier alpha value is -0.890. The first-order chi connectivity index (χ1) is 7.67. The lowest BCUT2D eigenvalue weighted by molar-refractivity contribution is 0.354. The van der Waals surface area contributed by atoms with Crippen molar-refractivity contribution >= 4 is 11.6 Å². The topological polar surface area (TPSA) is 18.5 Å². The Morgan fingerprint density at radius 3 is 2.25 bits per heavy atom. The van der Waals surface area contributed by atoms with Crippen molar-refractivity contribution in [2.45, 2.75) is 25.1 Å². The van der Waals surface area contributed by atoms with Crippen molar-refractivity contribution in [2.75, 3.05) is 14.2 Å². The molecule has 1 fully saturated rings. The third-order valence-electron chi connectivity index (χ3n) is 3.11. The first-order valence-electron chi connectivity index (χ1n) is 5.54. The van der Waals surface area contributed by atoms with Crippen LogP contribution in [0, 0.1) is 12.8 Å². The van der Waals surface area contributed by atoms with Gasteiger partial charge in [0.05, 0.1) is 19.6 Å². The number of aryl methyl sites for hydroxylation is 1. The van der Waals surface area contributed by atoms with Crippen LogP contribution in [0.15, 0.2) is 12.1 Å². The van der Waals surface area contributed by atoms with Crippen molar-refractivity contribution in [3.63, 3.8) is 0 Å². The molecule has 1 saturated carbocycles. The molecular weight excluding hydrogens is 224 g/mol. The Bertz CT molecular complexity index is 386. The normalized spacial score (nSPS) is 17.0. The van der Waals surface area contributed by atoms with Crippen molar-refractivity contribution in [3.05, 3.63) is 23.3 Å². The Morgan fingerprint density at radius 2 is 1.75 bits per heavy atom. The molecule has 0 bridgehead atoms. The van der Waals surface area contributed by atoms with Gasteiger partial charge in [0.1, 0.15) is 0 Å². The number of benzene rings is 1. The third-order valence-corrected chi connectivity index (χ3v) is 3.70. The average molecular weight is 241 g/mol. The van der Waals surface area contributed by atoms with Crippen LogP contribution in [0.4, 0.5) is 0 Å². The Balaban J connectivity index is 2.37. The molecule has 0 N–H and O–H groups in total. The first-order valence-corrected chi connectivity index (χ1v) is 5.97. The lowest BCUT2D eigenvalue weighted by Gasteiger charge is -2.16. The summed E-state index contributed by atoms with van der Waals surface area (Å²) in [4.78, 5) is 0. The Labute approximate surface area is 102 Å². The number of hydrogen-bond acceptors (Lipinski definition) is 2. The summed E-state index contributed by atoms with van der Waals surface area (Å²) in [5.41, 5.74) is 2.34. The molecular formula is C13H17ClO2. The summed E-state index contributed by atoms with van der Waals surface area (Å²) in [5, 5.41) is 0.111. The van der Waals surface area contributed by atoms with Crippen molar-refractivity contribution in [1.29, 1.82) is 0 Å². The third kappa shape index (κ3) is 2.12. The van der Waals surface area contributed by atoms with Gasteiger partial charge in [-0.3, -0.25) is 0 Å². The van der Waals surface area contributed by atoms with Crippen molar-refractivity contribution in [1.82, 2.24) is 0 Å². The maximum absolute atomic E-state index is 6.44. The minimum absolute atomic E-state index is 0.111. The average Bonchev–Trinajstić information content (AvgIpc) is 3.11. The summed E-state index contributed by atoms with van der Waals surface area (Å²) in [6.45, 7) is 2.06. The SMILES string of the molecule is COc1cc(C)c(C(Cl)C2CC2)cc1OC. The fourth-order valence-electron chi connectivity index (χ4n) is 1.94. The lowest BCUT2D eigenvalue weighted by Crippen LogP contribution is -1.99. The molecule has 0 spiro atoms. The van der Waals surface area contributed by atoms with Crippen molar-refractivity contribution < 1.29 is 9.47 Å². The van der Waals surface area contributed by atoms with Crippen LogP contribution in [0.3, 0.4) is 0 Å². The number of rotatable bonds is 4. The van der Waals surface area contributed by atoms with Gasteiger partial charge in [-0.2, -0.15) is 0 Å². The van der Waals surface area contributed by atoms with E-state index in [2.05, 4.69) is 6.92 Å². The van der Waals surface area contributed by atoms with E-state index in [1.165, 1.54) is 24.0 Å². The number of hydrogen-bond donors (Lipinski definition) is 0. The Morgan fingerprint density at radius 1 is 1.19 bits per heavy atom. The molecule has 2 rings (SSSR count). The highest BCUT2D eigenvalue weighted by Crippen LogP contribution is 2.47. The molecule has 1 aliphatic carbocycles. The highest BCUT2D eigenvalue weighted by molar-refractivity contribution is 6.21. The summed E-state index contributed by atoms with van der Waals surface area (Å²) >= 11 is 6.44. The molecule has 1 aromatic carbocycles. The second kappa shape index (κ2) is 4.54. The van der Waals surface area contributed by atoms with Gasteiger partial charge < -0.3 is 9.47 Å². The minimum atomic E-state index is 0.111. The van der Waals surface area contributed by atoms with E-state index in [0.717, 1.165) is 11.5 Å². The van der Waals surface area contributed by atoms with Gasteiger partial charge in [-0.1, -0.05) is 0 Å². The predicted octanol–water partition coefficient (Wildman–Crippen LogP) is 3.70. The van der Waals surface area contributed by atoms with E-state index in [-0.39, 0.29) is 5.38 Å². The largest absolute Gasteiger partial charge is 0.493 e. The number of halogens is 1. The van der Waals surface area contributed by atoms with Gasteiger partial charge in [-0.15, -0.1) is 11.6 Å². The molecule has 0 aliphatic heterocycles. The van der Waals surface area contributed by atoms with Crippen LogP contribution in [-0.2, 0) is 0 Å². The van der Waals surface area contributed by atoms with Gasteiger partial charge in [0, 0.05) is 0 Å². The van der Waals surface area contributed by atoms with E-state index >= 15 is 0 Å². The van der Waals surface area contributed by atoms with Crippen molar-refractivity contribution in [3.8, 4) is 11.5 Å². The highest BCUT2D eigenvalue weighted by Gasteiger charge is 2.32. The summed E-state index contributed by atoms with van der Waals surface area (Å²) in [6.07, 6.45) is 2.48. The fraction of sp³-hybridized carbons (Fsp3) is 0.538. The summed E-state index contributed by atoms with van der Waals surface area (Å²) < 4.78 is 10.6. The molecule has 0 amide bonds. The minimum Gasteiger partial charge on any atom is -0.493 e. The molecule has 1 aliphatic rings. The molecule has 1 unspecified atom stereocenters. The van der Waals surface area contributed by atoms with Crippen LogP contribution in [0.5, 0.6) is 11.5 Å². The molecule has 0 radical (unpaired) electrons. The number of methoxy groups -OCH3 is 2. The van der Waals surface area contributed by atoms with E-state index in [1.807, 2.05) is 12.1 Å². The molecule has 88 valence electrons. The monoisotopic (exact) mass is 240 g/mol. The molecule has 0 aromatic heterocycles. The van der Waals surface area contributed by atoms with Crippen LogP contribution in [0.25, 0.3) is 0 Å². The second-order valence-corrected chi connectivity index (χ2v) is 4.77. The van der Waals surface area contributed by atoms with Crippen LogP contribution < -0.4 is 9.47 Å². The fourth-order valence-corrected chi connectivity index (χ4v) is 2.42. The predicted molar refractivity (Wildman–Crippen MR) is 65.6 cm³/mol. The molecule has 0 heterocycles. The second-order valence-electron chi connectivity index (χ2n) is 4.30. The quantitative estimate of drug-likeness (QED) is 0.747. The number of alkyl halides is 1. The molecule has 0 saturated heterocycles. The van der Waals surface area contributed by atoms with E-state index in [1.54, 1.807) is 14.2 Å². The molecule has 16 heavy (non-hydrogen) atoms. The van der Waals surface area contributed by atoms with E-state index in [9.17, 15) is 0 Å². The smallest absolute Gasteiger partial charge is 0.161 e. The molecule has 2 nitrogen and oxygen atoms in total. The van der Waals surface area contributed by atoms with Gasteiger partial charge in [-0.05, 0) is 48.9 Å². The van der Waals surface area contributed by atoms with Crippen LogP contribution in [-0.4, -0.2) is 14.2 Å². The molecule has 1 atom stereocenters. The van der Waals surface area contributed by atoms with Crippen LogP contribution in [0.2, 0.25) is 0 Å². The van der Waals surface area contributed by atoms with E-state index < -0.39 is 0 Å². The molecule has 3 heteroatoms. The zero-order valence-corrected chi connectivity index (χ0v) is 10.7. The number of ether oxygens (including phenoxy) is 2. The van der Waals surface area contributed by atoms with Crippen LogP contribution >= 0.6 is 11.6 Å². The first kappa shape index (κ1) is 11.6. The van der Waals surface area contributed by atoms with Gasteiger partial charge >= 0.3 is 0 Å². The van der Waals surface area contributed by atoms with Gasteiger partial charge in [-0.25, -0.2) is 0 Å². The maximum atomic E-state index is 6.44. The van der Waals surface area contributed by atoms with Gasteiger partial charge in [0.25, 0.3) is 0 Å². The van der Waals surface area contributed by atoms with E-state index in [4.69, 9.17) is 21.1 Å². The highest BCUT2D eigenvalue weighted by atomic mass is 35.5. The van der Waals surface area contributed by atoms with E-state index in [0.29, 0.717) is 5.92 Å². The summed E-state index contributed by atoms with van der Waals surface area (Å²) in [5.74, 6) is 2.16.